The third kappa shape index (κ3) is 4.30. The van der Waals surface area contributed by atoms with Gasteiger partial charge in [-0.25, -0.2) is 0 Å². The van der Waals surface area contributed by atoms with Crippen LogP contribution in [0.2, 0.25) is 0 Å². The number of nitrogens with zero attached hydrogens (tertiary/aromatic N) is 1. The first-order valence-corrected chi connectivity index (χ1v) is 7.53. The fourth-order valence-corrected chi connectivity index (χ4v) is 2.38. The van der Waals surface area contributed by atoms with Crippen molar-refractivity contribution in [2.45, 2.75) is 40.2 Å². The molecular formula is C18H24N2O. The highest BCUT2D eigenvalue weighted by molar-refractivity contribution is 5.39. The fraction of sp³-hybridized carbons (Fsp3) is 0.389. The van der Waals surface area contributed by atoms with Crippen molar-refractivity contribution in [3.05, 3.63) is 53.3 Å². The number of ether oxygens (including phenoxy) is 1. The van der Waals surface area contributed by atoms with Gasteiger partial charge in [-0.3, -0.25) is 4.98 Å². The summed E-state index contributed by atoms with van der Waals surface area (Å²) in [4.78, 5) is 4.24. The molecule has 2 aromatic rings. The van der Waals surface area contributed by atoms with Gasteiger partial charge in [0.2, 0.25) is 0 Å². The van der Waals surface area contributed by atoms with Crippen LogP contribution in [0.4, 0.5) is 0 Å². The summed E-state index contributed by atoms with van der Waals surface area (Å²) >= 11 is 0. The van der Waals surface area contributed by atoms with Crippen LogP contribution in [0, 0.1) is 6.92 Å². The molecule has 3 heteroatoms. The van der Waals surface area contributed by atoms with Gasteiger partial charge in [-0.15, -0.1) is 0 Å². The molecule has 0 aliphatic rings. The van der Waals surface area contributed by atoms with Crippen LogP contribution < -0.4 is 10.1 Å². The van der Waals surface area contributed by atoms with Crippen LogP contribution in [-0.2, 0) is 6.54 Å². The van der Waals surface area contributed by atoms with Gasteiger partial charge in [0.15, 0.2) is 0 Å². The zero-order valence-electron chi connectivity index (χ0n) is 13.3. The van der Waals surface area contributed by atoms with Crippen LogP contribution in [-0.4, -0.2) is 11.5 Å². The van der Waals surface area contributed by atoms with Gasteiger partial charge in [-0.2, -0.15) is 0 Å². The molecule has 21 heavy (non-hydrogen) atoms. The molecule has 112 valence electrons. The smallest absolute Gasteiger partial charge is 0.146 e. The van der Waals surface area contributed by atoms with Gasteiger partial charge in [0, 0.05) is 12.7 Å². The van der Waals surface area contributed by atoms with Crippen molar-refractivity contribution in [2.75, 3.05) is 6.54 Å². The van der Waals surface area contributed by atoms with E-state index in [1.807, 2.05) is 18.3 Å². The van der Waals surface area contributed by atoms with Gasteiger partial charge in [-0.1, -0.05) is 26.8 Å². The average molecular weight is 284 g/mol. The molecule has 3 nitrogen and oxygen atoms in total. The summed E-state index contributed by atoms with van der Waals surface area (Å²) in [6.45, 7) is 10.4. The number of benzene rings is 1. The number of aryl methyl sites for hydroxylation is 1. The molecule has 1 heterocycles. The van der Waals surface area contributed by atoms with Gasteiger partial charge >= 0.3 is 0 Å². The molecule has 0 atom stereocenters. The summed E-state index contributed by atoms with van der Waals surface area (Å²) in [7, 11) is 0. The summed E-state index contributed by atoms with van der Waals surface area (Å²) in [6, 6.07) is 8.29. The Morgan fingerprint density at radius 3 is 2.62 bits per heavy atom. The van der Waals surface area contributed by atoms with Gasteiger partial charge < -0.3 is 10.1 Å². The molecule has 1 aromatic carbocycles. The Bertz CT molecular complexity index is 594. The topological polar surface area (TPSA) is 34.2 Å². The normalized spacial score (nSPS) is 10.9. The Kier molecular flexibility index (Phi) is 5.34. The van der Waals surface area contributed by atoms with E-state index in [-0.39, 0.29) is 0 Å². The van der Waals surface area contributed by atoms with E-state index < -0.39 is 0 Å². The van der Waals surface area contributed by atoms with Crippen molar-refractivity contribution in [3.8, 4) is 11.5 Å². The molecule has 0 saturated heterocycles. The lowest BCUT2D eigenvalue weighted by Gasteiger charge is -2.12. The summed E-state index contributed by atoms with van der Waals surface area (Å²) in [5.74, 6) is 2.17. The molecule has 0 unspecified atom stereocenters. The summed E-state index contributed by atoms with van der Waals surface area (Å²) < 4.78 is 5.92. The first-order valence-electron chi connectivity index (χ1n) is 7.53. The number of hydrogen-bond acceptors (Lipinski definition) is 3. The zero-order valence-corrected chi connectivity index (χ0v) is 13.3. The van der Waals surface area contributed by atoms with Crippen molar-refractivity contribution in [1.82, 2.24) is 10.3 Å². The molecular weight excluding hydrogens is 260 g/mol. The maximum absolute atomic E-state index is 5.92. The number of hydrogen-bond donors (Lipinski definition) is 1. The Morgan fingerprint density at radius 1 is 1.14 bits per heavy atom. The van der Waals surface area contributed by atoms with Crippen molar-refractivity contribution in [1.29, 1.82) is 0 Å². The Labute approximate surface area is 127 Å². The molecule has 0 aliphatic carbocycles. The van der Waals surface area contributed by atoms with Gasteiger partial charge in [-0.05, 0) is 54.3 Å². The summed E-state index contributed by atoms with van der Waals surface area (Å²) in [6.07, 6.45) is 3.61. The van der Waals surface area contributed by atoms with Gasteiger partial charge in [0.1, 0.15) is 11.5 Å². The highest BCUT2D eigenvalue weighted by atomic mass is 16.5. The highest BCUT2D eigenvalue weighted by Crippen LogP contribution is 2.27. The molecule has 1 aromatic heterocycles. The quantitative estimate of drug-likeness (QED) is 0.853. The van der Waals surface area contributed by atoms with Crippen LogP contribution >= 0.6 is 0 Å². The maximum Gasteiger partial charge on any atom is 0.146 e. The van der Waals surface area contributed by atoms with Crippen molar-refractivity contribution in [2.24, 2.45) is 0 Å². The Morgan fingerprint density at radius 2 is 1.95 bits per heavy atom. The molecule has 0 radical (unpaired) electrons. The second-order valence-corrected chi connectivity index (χ2v) is 5.58. The second kappa shape index (κ2) is 7.23. The molecule has 0 bridgehead atoms. The SMILES string of the molecule is CCNCc1cncc(Oc2ccc(C(C)C)c(C)c2)c1. The third-order valence-corrected chi connectivity index (χ3v) is 3.45. The molecule has 0 saturated carbocycles. The van der Waals surface area contributed by atoms with Gasteiger partial charge in [0.25, 0.3) is 0 Å². The number of nitrogens with one attached hydrogen (secondary N) is 1. The predicted molar refractivity (Wildman–Crippen MR) is 87.0 cm³/mol. The van der Waals surface area contributed by atoms with E-state index in [0.717, 1.165) is 30.2 Å². The van der Waals surface area contributed by atoms with E-state index in [1.165, 1.54) is 11.1 Å². The van der Waals surface area contributed by atoms with Crippen LogP contribution in [0.1, 0.15) is 43.4 Å². The van der Waals surface area contributed by atoms with E-state index in [0.29, 0.717) is 5.92 Å². The Balaban J connectivity index is 2.12. The van der Waals surface area contributed by atoms with E-state index in [2.05, 4.69) is 50.1 Å². The first-order chi connectivity index (χ1) is 10.1. The van der Waals surface area contributed by atoms with Crippen LogP contribution in [0.5, 0.6) is 11.5 Å². The molecule has 2 rings (SSSR count). The lowest BCUT2D eigenvalue weighted by atomic mass is 9.98. The molecule has 1 N–H and O–H groups in total. The fourth-order valence-electron chi connectivity index (χ4n) is 2.38. The molecule has 0 fully saturated rings. The number of aromatic nitrogens is 1. The third-order valence-electron chi connectivity index (χ3n) is 3.45. The van der Waals surface area contributed by atoms with Crippen LogP contribution in [0.3, 0.4) is 0 Å². The summed E-state index contributed by atoms with van der Waals surface area (Å²) in [5.41, 5.74) is 3.76. The summed E-state index contributed by atoms with van der Waals surface area (Å²) in [5, 5.41) is 3.29. The second-order valence-electron chi connectivity index (χ2n) is 5.58. The van der Waals surface area contributed by atoms with E-state index in [1.54, 1.807) is 6.20 Å². The average Bonchev–Trinajstić information content (AvgIpc) is 2.45. The first kappa shape index (κ1) is 15.5. The lowest BCUT2D eigenvalue weighted by molar-refractivity contribution is 0.478. The van der Waals surface area contributed by atoms with Gasteiger partial charge in [0.05, 0.1) is 6.20 Å². The van der Waals surface area contributed by atoms with Crippen molar-refractivity contribution >= 4 is 0 Å². The van der Waals surface area contributed by atoms with Crippen molar-refractivity contribution in [3.63, 3.8) is 0 Å². The predicted octanol–water partition coefficient (Wildman–Crippen LogP) is 4.42. The van der Waals surface area contributed by atoms with Crippen LogP contribution in [0.15, 0.2) is 36.7 Å². The minimum atomic E-state index is 0.532. The van der Waals surface area contributed by atoms with Crippen LogP contribution in [0.25, 0.3) is 0 Å². The minimum Gasteiger partial charge on any atom is -0.456 e. The Hall–Kier alpha value is -1.87. The largest absolute Gasteiger partial charge is 0.456 e. The zero-order chi connectivity index (χ0) is 15.2. The highest BCUT2D eigenvalue weighted by Gasteiger charge is 2.06. The number of pyridine rings is 1. The molecule has 0 spiro atoms. The lowest BCUT2D eigenvalue weighted by Crippen LogP contribution is -2.11. The maximum atomic E-state index is 5.92. The van der Waals surface area contributed by atoms with E-state index in [4.69, 9.17) is 4.74 Å². The van der Waals surface area contributed by atoms with Crippen molar-refractivity contribution < 1.29 is 4.74 Å². The minimum absolute atomic E-state index is 0.532. The molecule has 0 amide bonds. The standard InChI is InChI=1S/C18H24N2O/c1-5-19-10-15-9-17(12-20-11-15)21-16-6-7-18(13(2)3)14(4)8-16/h6-9,11-13,19H,5,10H2,1-4H3. The van der Waals surface area contributed by atoms with E-state index in [9.17, 15) is 0 Å². The van der Waals surface area contributed by atoms with E-state index >= 15 is 0 Å². The monoisotopic (exact) mass is 284 g/mol. The number of rotatable bonds is 6. The molecule has 0 aliphatic heterocycles.